The van der Waals surface area contributed by atoms with Gasteiger partial charge in [-0.05, 0) is 44.4 Å². The number of sulfonamides is 1. The molecular weight excluding hydrogens is 434 g/mol. The molecule has 1 atom stereocenters. The van der Waals surface area contributed by atoms with Gasteiger partial charge in [0, 0.05) is 24.1 Å². The molecule has 27 heavy (non-hydrogen) atoms. The molecule has 0 saturated carbocycles. The Hall–Kier alpha value is -1.71. The van der Waals surface area contributed by atoms with Crippen molar-refractivity contribution in [2.45, 2.75) is 38.1 Å². The van der Waals surface area contributed by atoms with E-state index >= 15 is 0 Å². The first-order valence-corrected chi connectivity index (χ1v) is 11.0. The summed E-state index contributed by atoms with van der Waals surface area (Å²) in [6, 6.07) is 7.70. The second-order valence-corrected chi connectivity index (χ2v) is 9.49. The van der Waals surface area contributed by atoms with Crippen molar-refractivity contribution in [2.75, 3.05) is 13.1 Å². The van der Waals surface area contributed by atoms with E-state index in [2.05, 4.69) is 26.4 Å². The Morgan fingerprint density at radius 3 is 2.85 bits per heavy atom. The second kappa shape index (κ2) is 8.12. The van der Waals surface area contributed by atoms with Gasteiger partial charge in [-0.25, -0.2) is 8.42 Å². The zero-order valence-corrected chi connectivity index (χ0v) is 17.6. The minimum atomic E-state index is -3.73. The van der Waals surface area contributed by atoms with Gasteiger partial charge in [-0.3, -0.25) is 4.79 Å². The molecule has 1 N–H and O–H groups in total. The first-order chi connectivity index (χ1) is 12.8. The van der Waals surface area contributed by atoms with Gasteiger partial charge in [-0.15, -0.1) is 0 Å². The summed E-state index contributed by atoms with van der Waals surface area (Å²) >= 11 is 3.41. The number of hydrogen-bond donors (Lipinski definition) is 1. The van der Waals surface area contributed by atoms with Crippen molar-refractivity contribution in [2.24, 2.45) is 5.92 Å². The SMILES string of the molecule is Cc1noc(C)c1S(=O)(=O)N1CCCC(C(=O)NCc2cccc(Br)c2)C1. The molecule has 1 aliphatic heterocycles. The van der Waals surface area contributed by atoms with Gasteiger partial charge in [0.1, 0.15) is 10.6 Å². The van der Waals surface area contributed by atoms with Gasteiger partial charge in [-0.2, -0.15) is 4.31 Å². The van der Waals surface area contributed by atoms with Gasteiger partial charge >= 0.3 is 0 Å². The molecule has 1 fully saturated rings. The van der Waals surface area contributed by atoms with Crippen LogP contribution < -0.4 is 5.32 Å². The molecule has 146 valence electrons. The van der Waals surface area contributed by atoms with Crippen LogP contribution in [0.3, 0.4) is 0 Å². The summed E-state index contributed by atoms with van der Waals surface area (Å²) in [6.45, 7) is 4.15. The monoisotopic (exact) mass is 455 g/mol. The highest BCUT2D eigenvalue weighted by Gasteiger charge is 2.36. The predicted octanol–water partition coefficient (Wildman–Crippen LogP) is 2.77. The van der Waals surface area contributed by atoms with Crippen LogP contribution in [0.15, 0.2) is 38.2 Å². The third-order valence-corrected chi connectivity index (χ3v) is 7.28. The Bertz CT molecular complexity index is 922. The summed E-state index contributed by atoms with van der Waals surface area (Å²) in [7, 11) is -3.73. The zero-order chi connectivity index (χ0) is 19.6. The van der Waals surface area contributed by atoms with E-state index in [-0.39, 0.29) is 29.0 Å². The lowest BCUT2D eigenvalue weighted by Crippen LogP contribution is -2.45. The van der Waals surface area contributed by atoms with Crippen molar-refractivity contribution in [1.82, 2.24) is 14.8 Å². The van der Waals surface area contributed by atoms with Gasteiger partial charge in [0.05, 0.1) is 5.92 Å². The standard InChI is InChI=1S/C18H22BrN3O4S/c1-12-17(13(2)26-21-12)27(24,25)22-8-4-6-15(11-22)18(23)20-10-14-5-3-7-16(19)9-14/h3,5,7,9,15H,4,6,8,10-11H2,1-2H3,(H,20,23). The number of aromatic nitrogens is 1. The quantitative estimate of drug-likeness (QED) is 0.747. The number of carbonyl (C=O) groups excluding carboxylic acids is 1. The number of carbonyl (C=O) groups is 1. The van der Waals surface area contributed by atoms with Crippen LogP contribution >= 0.6 is 15.9 Å². The highest BCUT2D eigenvalue weighted by atomic mass is 79.9. The van der Waals surface area contributed by atoms with E-state index in [1.54, 1.807) is 13.8 Å². The van der Waals surface area contributed by atoms with E-state index in [1.165, 1.54) is 4.31 Å². The Morgan fingerprint density at radius 2 is 2.19 bits per heavy atom. The number of halogens is 1. The molecule has 3 rings (SSSR count). The Morgan fingerprint density at radius 1 is 1.41 bits per heavy atom. The summed E-state index contributed by atoms with van der Waals surface area (Å²) in [4.78, 5) is 12.7. The molecule has 0 aliphatic carbocycles. The van der Waals surface area contributed by atoms with E-state index in [1.807, 2.05) is 24.3 Å². The van der Waals surface area contributed by atoms with Crippen LogP contribution in [-0.4, -0.2) is 36.9 Å². The highest BCUT2D eigenvalue weighted by Crippen LogP contribution is 2.27. The maximum Gasteiger partial charge on any atom is 0.248 e. The van der Waals surface area contributed by atoms with Crippen LogP contribution in [0.4, 0.5) is 0 Å². The third kappa shape index (κ3) is 4.41. The Balaban J connectivity index is 1.67. The van der Waals surface area contributed by atoms with E-state index < -0.39 is 10.0 Å². The summed E-state index contributed by atoms with van der Waals surface area (Å²) in [5, 5.41) is 6.65. The maximum atomic E-state index is 13.0. The normalized spacial score (nSPS) is 18.4. The van der Waals surface area contributed by atoms with Crippen molar-refractivity contribution < 1.29 is 17.7 Å². The minimum absolute atomic E-state index is 0.109. The van der Waals surface area contributed by atoms with E-state index in [0.717, 1.165) is 10.0 Å². The molecule has 2 aromatic rings. The van der Waals surface area contributed by atoms with E-state index in [4.69, 9.17) is 4.52 Å². The van der Waals surface area contributed by atoms with Gasteiger partial charge < -0.3 is 9.84 Å². The van der Waals surface area contributed by atoms with Crippen molar-refractivity contribution in [1.29, 1.82) is 0 Å². The van der Waals surface area contributed by atoms with Crippen LogP contribution in [0, 0.1) is 19.8 Å². The number of amides is 1. The number of hydrogen-bond acceptors (Lipinski definition) is 5. The average Bonchev–Trinajstić information content (AvgIpc) is 2.99. The molecule has 1 amide bonds. The van der Waals surface area contributed by atoms with E-state index in [9.17, 15) is 13.2 Å². The molecule has 1 aromatic carbocycles. The lowest BCUT2D eigenvalue weighted by Gasteiger charge is -2.31. The minimum Gasteiger partial charge on any atom is -0.360 e. The molecular formula is C18H22BrN3O4S. The fraction of sp³-hybridized carbons (Fsp3) is 0.444. The van der Waals surface area contributed by atoms with Gasteiger partial charge in [0.2, 0.25) is 15.9 Å². The molecule has 1 saturated heterocycles. The lowest BCUT2D eigenvalue weighted by molar-refractivity contribution is -0.126. The largest absolute Gasteiger partial charge is 0.360 e. The Kier molecular flexibility index (Phi) is 6.02. The molecule has 2 heterocycles. The fourth-order valence-corrected chi connectivity index (χ4v) is 5.59. The van der Waals surface area contributed by atoms with Gasteiger partial charge in [0.25, 0.3) is 0 Å². The first kappa shape index (κ1) is 20.0. The summed E-state index contributed by atoms with van der Waals surface area (Å²) in [5.74, 6) is -0.233. The number of aryl methyl sites for hydroxylation is 2. The molecule has 7 nitrogen and oxygen atoms in total. The summed E-state index contributed by atoms with van der Waals surface area (Å²) in [5.41, 5.74) is 1.32. The maximum absolute atomic E-state index is 13.0. The summed E-state index contributed by atoms with van der Waals surface area (Å²) in [6.07, 6.45) is 1.30. The number of nitrogens with zero attached hydrogens (tertiary/aromatic N) is 2. The smallest absolute Gasteiger partial charge is 0.248 e. The average molecular weight is 456 g/mol. The van der Waals surface area contributed by atoms with Crippen molar-refractivity contribution in [3.63, 3.8) is 0 Å². The van der Waals surface area contributed by atoms with Crippen LogP contribution in [0.5, 0.6) is 0 Å². The highest BCUT2D eigenvalue weighted by molar-refractivity contribution is 9.10. The number of benzene rings is 1. The number of rotatable bonds is 5. The van der Waals surface area contributed by atoms with Crippen molar-refractivity contribution in [3.8, 4) is 0 Å². The molecule has 9 heteroatoms. The van der Waals surface area contributed by atoms with Crippen molar-refractivity contribution >= 4 is 31.9 Å². The third-order valence-electron chi connectivity index (χ3n) is 4.68. The second-order valence-electron chi connectivity index (χ2n) is 6.70. The first-order valence-electron chi connectivity index (χ1n) is 8.74. The van der Waals surface area contributed by atoms with Gasteiger partial charge in [0.15, 0.2) is 5.76 Å². The molecule has 0 bridgehead atoms. The number of nitrogens with one attached hydrogen (secondary N) is 1. The summed E-state index contributed by atoms with van der Waals surface area (Å²) < 4.78 is 33.2. The van der Waals surface area contributed by atoms with Crippen LogP contribution in [0.25, 0.3) is 0 Å². The fourth-order valence-electron chi connectivity index (χ4n) is 3.33. The molecule has 1 aromatic heterocycles. The lowest BCUT2D eigenvalue weighted by atomic mass is 9.99. The molecule has 1 unspecified atom stereocenters. The van der Waals surface area contributed by atoms with Crippen LogP contribution in [0.1, 0.15) is 29.9 Å². The number of piperidine rings is 1. The van der Waals surface area contributed by atoms with Crippen molar-refractivity contribution in [3.05, 3.63) is 45.8 Å². The van der Waals surface area contributed by atoms with E-state index in [0.29, 0.717) is 31.6 Å². The predicted molar refractivity (Wildman–Crippen MR) is 103 cm³/mol. The van der Waals surface area contributed by atoms with Crippen LogP contribution in [-0.2, 0) is 21.4 Å². The Labute approximate surface area is 167 Å². The van der Waals surface area contributed by atoms with Crippen LogP contribution in [0.2, 0.25) is 0 Å². The van der Waals surface area contributed by atoms with Gasteiger partial charge in [-0.1, -0.05) is 33.2 Å². The molecule has 1 aliphatic rings. The molecule has 0 spiro atoms. The topological polar surface area (TPSA) is 92.5 Å². The zero-order valence-electron chi connectivity index (χ0n) is 15.2. The molecule has 0 radical (unpaired) electrons.